The molecule has 0 aromatic heterocycles. The molecule has 84 valence electrons. The van der Waals surface area contributed by atoms with Gasteiger partial charge in [0.25, 0.3) is 0 Å². The molecule has 1 saturated carbocycles. The molecular weight excluding hydrogens is 190 g/mol. The van der Waals surface area contributed by atoms with E-state index in [4.69, 9.17) is 5.73 Å². The minimum Gasteiger partial charge on any atom is -0.369 e. The summed E-state index contributed by atoms with van der Waals surface area (Å²) in [6.07, 6.45) is 2.97. The lowest BCUT2D eigenvalue weighted by molar-refractivity contribution is -0.128. The molecule has 1 aliphatic carbocycles. The van der Waals surface area contributed by atoms with Crippen LogP contribution in [0.5, 0.6) is 0 Å². The van der Waals surface area contributed by atoms with Crippen LogP contribution in [-0.4, -0.2) is 29.4 Å². The minimum atomic E-state index is 0.0768. The fourth-order valence-corrected chi connectivity index (χ4v) is 1.84. The van der Waals surface area contributed by atoms with Crippen molar-refractivity contribution in [3.8, 4) is 0 Å². The third-order valence-electron chi connectivity index (χ3n) is 3.17. The van der Waals surface area contributed by atoms with Crippen LogP contribution in [-0.2, 0) is 4.79 Å². The van der Waals surface area contributed by atoms with Gasteiger partial charge in [0.05, 0.1) is 12.5 Å². The number of guanidine groups is 1. The summed E-state index contributed by atoms with van der Waals surface area (Å²) in [5.41, 5.74) is 5.83. The van der Waals surface area contributed by atoms with Crippen molar-refractivity contribution in [2.75, 3.05) is 6.54 Å². The molecule has 0 saturated heterocycles. The maximum Gasteiger partial charge on any atom is 0.231 e. The first-order valence-electron chi connectivity index (χ1n) is 5.71. The van der Waals surface area contributed by atoms with Crippen molar-refractivity contribution in [2.45, 2.75) is 39.2 Å². The molecule has 0 bridgehead atoms. The lowest BCUT2D eigenvalue weighted by Crippen LogP contribution is -2.48. The van der Waals surface area contributed by atoms with Crippen LogP contribution in [0.25, 0.3) is 0 Å². The van der Waals surface area contributed by atoms with Crippen molar-refractivity contribution in [2.24, 2.45) is 22.6 Å². The summed E-state index contributed by atoms with van der Waals surface area (Å²) in [6, 6.07) is 0.0768. The van der Waals surface area contributed by atoms with E-state index in [1.165, 1.54) is 12.8 Å². The number of aliphatic imine (C=N–C) groups is 1. The third kappa shape index (κ3) is 2.30. The highest BCUT2D eigenvalue weighted by molar-refractivity contribution is 5.98. The van der Waals surface area contributed by atoms with Crippen LogP contribution in [0.4, 0.5) is 0 Å². The van der Waals surface area contributed by atoms with Gasteiger partial charge in [-0.25, -0.2) is 4.99 Å². The molecule has 0 spiro atoms. The number of amides is 1. The number of nitrogens with zero attached hydrogens (tertiary/aromatic N) is 2. The maximum atomic E-state index is 11.8. The van der Waals surface area contributed by atoms with Crippen molar-refractivity contribution in [3.05, 3.63) is 0 Å². The van der Waals surface area contributed by atoms with Gasteiger partial charge in [-0.1, -0.05) is 13.8 Å². The van der Waals surface area contributed by atoms with Gasteiger partial charge in [-0.15, -0.1) is 0 Å². The van der Waals surface area contributed by atoms with Gasteiger partial charge < -0.3 is 5.73 Å². The molecule has 1 fully saturated rings. The van der Waals surface area contributed by atoms with Gasteiger partial charge in [0.2, 0.25) is 5.91 Å². The van der Waals surface area contributed by atoms with Gasteiger partial charge in [0.15, 0.2) is 5.96 Å². The Labute approximate surface area is 90.5 Å². The molecule has 0 radical (unpaired) electrons. The Balaban J connectivity index is 2.06. The van der Waals surface area contributed by atoms with Crippen molar-refractivity contribution in [1.29, 1.82) is 0 Å². The van der Waals surface area contributed by atoms with Crippen molar-refractivity contribution in [1.82, 2.24) is 4.90 Å². The van der Waals surface area contributed by atoms with E-state index >= 15 is 0 Å². The highest BCUT2D eigenvalue weighted by atomic mass is 16.2. The standard InChI is InChI=1S/C11H19N3O/c1-7(2)9-5-10(15)14(11(12)13-9)6-8-3-4-8/h7-9H,3-6H2,1-2H3,(H2,12,13). The van der Waals surface area contributed by atoms with Gasteiger partial charge in [-0.05, 0) is 24.7 Å². The summed E-state index contributed by atoms with van der Waals surface area (Å²) in [6.45, 7) is 4.93. The topological polar surface area (TPSA) is 58.7 Å². The molecule has 1 unspecified atom stereocenters. The Kier molecular flexibility index (Phi) is 2.67. The van der Waals surface area contributed by atoms with E-state index in [-0.39, 0.29) is 11.9 Å². The van der Waals surface area contributed by atoms with E-state index in [0.29, 0.717) is 24.2 Å². The monoisotopic (exact) mass is 209 g/mol. The van der Waals surface area contributed by atoms with Crippen molar-refractivity contribution >= 4 is 11.9 Å². The summed E-state index contributed by atoms with van der Waals surface area (Å²) in [5.74, 6) is 1.62. The zero-order valence-electron chi connectivity index (χ0n) is 9.44. The molecule has 15 heavy (non-hydrogen) atoms. The normalized spacial score (nSPS) is 27.1. The largest absolute Gasteiger partial charge is 0.369 e. The SMILES string of the molecule is CC(C)C1CC(=O)N(CC2CC2)C(N)=N1. The number of rotatable bonds is 3. The summed E-state index contributed by atoms with van der Waals surface area (Å²) in [4.78, 5) is 17.9. The Morgan fingerprint density at radius 2 is 2.20 bits per heavy atom. The zero-order chi connectivity index (χ0) is 11.0. The third-order valence-corrected chi connectivity index (χ3v) is 3.17. The quantitative estimate of drug-likeness (QED) is 0.753. The van der Waals surface area contributed by atoms with Crippen LogP contribution < -0.4 is 5.73 Å². The van der Waals surface area contributed by atoms with E-state index in [1.54, 1.807) is 4.90 Å². The van der Waals surface area contributed by atoms with Gasteiger partial charge in [0.1, 0.15) is 0 Å². The smallest absolute Gasteiger partial charge is 0.231 e. The molecule has 0 aromatic rings. The fraction of sp³-hybridized carbons (Fsp3) is 0.818. The molecular formula is C11H19N3O. The van der Waals surface area contributed by atoms with Crippen molar-refractivity contribution < 1.29 is 4.79 Å². The molecule has 2 N–H and O–H groups in total. The summed E-state index contributed by atoms with van der Waals surface area (Å²) < 4.78 is 0. The van der Waals surface area contributed by atoms with Crippen LogP contribution in [0.15, 0.2) is 4.99 Å². The Hall–Kier alpha value is -1.06. The number of hydrogen-bond donors (Lipinski definition) is 1. The van der Waals surface area contributed by atoms with E-state index in [0.717, 1.165) is 6.54 Å². The lowest BCUT2D eigenvalue weighted by atomic mass is 10.00. The first-order chi connectivity index (χ1) is 7.08. The molecule has 2 aliphatic rings. The second-order valence-electron chi connectivity index (χ2n) is 4.95. The van der Waals surface area contributed by atoms with Crippen molar-refractivity contribution in [3.63, 3.8) is 0 Å². The molecule has 1 amide bonds. The number of carbonyl (C=O) groups excluding carboxylic acids is 1. The van der Waals surface area contributed by atoms with Gasteiger partial charge >= 0.3 is 0 Å². The Bertz CT molecular complexity index is 294. The molecule has 1 heterocycles. The molecule has 2 rings (SSSR count). The summed E-state index contributed by atoms with van der Waals surface area (Å²) in [7, 11) is 0. The lowest BCUT2D eigenvalue weighted by Gasteiger charge is -2.30. The average Bonchev–Trinajstić information content (AvgIpc) is 2.94. The van der Waals surface area contributed by atoms with Gasteiger partial charge in [-0.2, -0.15) is 0 Å². The average molecular weight is 209 g/mol. The highest BCUT2D eigenvalue weighted by Gasteiger charge is 2.33. The van der Waals surface area contributed by atoms with E-state index in [9.17, 15) is 4.79 Å². The Morgan fingerprint density at radius 1 is 1.53 bits per heavy atom. The summed E-state index contributed by atoms with van der Waals surface area (Å²) >= 11 is 0. The molecule has 0 aromatic carbocycles. The van der Waals surface area contributed by atoms with Crippen LogP contribution in [0.1, 0.15) is 33.1 Å². The number of hydrogen-bond acceptors (Lipinski definition) is 3. The van der Waals surface area contributed by atoms with Crippen LogP contribution in [0.2, 0.25) is 0 Å². The number of carbonyl (C=O) groups is 1. The Morgan fingerprint density at radius 3 is 2.67 bits per heavy atom. The molecule has 1 aliphatic heterocycles. The molecule has 4 nitrogen and oxygen atoms in total. The van der Waals surface area contributed by atoms with Crippen LogP contribution in [0.3, 0.4) is 0 Å². The summed E-state index contributed by atoms with van der Waals surface area (Å²) in [5, 5.41) is 0. The predicted molar refractivity (Wildman–Crippen MR) is 59.3 cm³/mol. The first kappa shape index (κ1) is 10.5. The first-order valence-corrected chi connectivity index (χ1v) is 5.71. The van der Waals surface area contributed by atoms with Gasteiger partial charge in [0, 0.05) is 6.54 Å². The second kappa shape index (κ2) is 3.83. The minimum absolute atomic E-state index is 0.0768. The predicted octanol–water partition coefficient (Wildman–Crippen LogP) is 0.968. The van der Waals surface area contributed by atoms with E-state index in [1.807, 2.05) is 0 Å². The molecule has 4 heteroatoms. The maximum absolute atomic E-state index is 11.8. The highest BCUT2D eigenvalue weighted by Crippen LogP contribution is 2.30. The molecule has 1 atom stereocenters. The fourth-order valence-electron chi connectivity index (χ4n) is 1.84. The zero-order valence-corrected chi connectivity index (χ0v) is 9.44. The van der Waals surface area contributed by atoms with Crippen LogP contribution >= 0.6 is 0 Å². The van der Waals surface area contributed by atoms with Crippen LogP contribution in [0, 0.1) is 11.8 Å². The van der Waals surface area contributed by atoms with E-state index < -0.39 is 0 Å². The van der Waals surface area contributed by atoms with E-state index in [2.05, 4.69) is 18.8 Å². The second-order valence-corrected chi connectivity index (χ2v) is 4.95. The van der Waals surface area contributed by atoms with Gasteiger partial charge in [-0.3, -0.25) is 9.69 Å². The number of nitrogens with two attached hydrogens (primary N) is 1.